The van der Waals surface area contributed by atoms with Crippen molar-refractivity contribution >= 4 is 29.3 Å². The van der Waals surface area contributed by atoms with Gasteiger partial charge in [-0.3, -0.25) is 4.79 Å². The zero-order valence-corrected chi connectivity index (χ0v) is 12.4. The first-order chi connectivity index (χ1) is 9.90. The SMILES string of the molecule is CC(NC(=O)N[C@H](CCCC(=O)O)C(=O)O)c1ccsc1. The van der Waals surface area contributed by atoms with Gasteiger partial charge in [-0.05, 0) is 42.2 Å². The second kappa shape index (κ2) is 8.25. The fourth-order valence-electron chi connectivity index (χ4n) is 1.72. The number of nitrogens with one attached hydrogen (secondary N) is 2. The zero-order valence-electron chi connectivity index (χ0n) is 11.5. The van der Waals surface area contributed by atoms with Crippen molar-refractivity contribution < 1.29 is 24.6 Å². The van der Waals surface area contributed by atoms with Crippen LogP contribution in [0.15, 0.2) is 16.8 Å². The van der Waals surface area contributed by atoms with E-state index in [1.807, 2.05) is 16.8 Å². The second-order valence-electron chi connectivity index (χ2n) is 4.57. The molecule has 4 N–H and O–H groups in total. The number of rotatable bonds is 8. The average Bonchev–Trinajstić information content (AvgIpc) is 2.90. The number of carbonyl (C=O) groups excluding carboxylic acids is 1. The fourth-order valence-corrected chi connectivity index (χ4v) is 2.47. The summed E-state index contributed by atoms with van der Waals surface area (Å²) in [5.41, 5.74) is 0.938. The quantitative estimate of drug-likeness (QED) is 0.584. The van der Waals surface area contributed by atoms with Gasteiger partial charge in [-0.1, -0.05) is 0 Å². The molecule has 116 valence electrons. The number of urea groups is 1. The molecule has 0 saturated heterocycles. The van der Waals surface area contributed by atoms with E-state index in [2.05, 4.69) is 10.6 Å². The lowest BCUT2D eigenvalue weighted by Gasteiger charge is -2.17. The highest BCUT2D eigenvalue weighted by atomic mass is 32.1. The van der Waals surface area contributed by atoms with E-state index in [4.69, 9.17) is 10.2 Å². The molecule has 1 heterocycles. The second-order valence-corrected chi connectivity index (χ2v) is 5.35. The fraction of sp³-hybridized carbons (Fsp3) is 0.462. The molecule has 1 aromatic rings. The number of hydrogen-bond acceptors (Lipinski definition) is 4. The maximum atomic E-state index is 11.8. The molecule has 0 spiro atoms. The first-order valence-corrected chi connectivity index (χ1v) is 7.38. The van der Waals surface area contributed by atoms with Crippen LogP contribution in [-0.4, -0.2) is 34.2 Å². The van der Waals surface area contributed by atoms with Crippen molar-refractivity contribution in [1.82, 2.24) is 10.6 Å². The van der Waals surface area contributed by atoms with Gasteiger partial charge in [-0.25, -0.2) is 9.59 Å². The minimum atomic E-state index is -1.18. The van der Waals surface area contributed by atoms with Gasteiger partial charge in [0.05, 0.1) is 6.04 Å². The van der Waals surface area contributed by atoms with Gasteiger partial charge in [-0.15, -0.1) is 0 Å². The Balaban J connectivity index is 2.45. The number of hydrogen-bond donors (Lipinski definition) is 4. The van der Waals surface area contributed by atoms with Crippen molar-refractivity contribution in [3.05, 3.63) is 22.4 Å². The summed E-state index contributed by atoms with van der Waals surface area (Å²) in [5, 5.41) is 26.3. The van der Waals surface area contributed by atoms with Crippen LogP contribution in [-0.2, 0) is 9.59 Å². The monoisotopic (exact) mass is 314 g/mol. The first-order valence-electron chi connectivity index (χ1n) is 6.44. The number of carboxylic acids is 2. The van der Waals surface area contributed by atoms with Crippen molar-refractivity contribution in [1.29, 1.82) is 0 Å². The summed E-state index contributed by atoms with van der Waals surface area (Å²) in [5.74, 6) is -2.17. The molecular formula is C13H18N2O5S. The van der Waals surface area contributed by atoms with Crippen molar-refractivity contribution in [2.24, 2.45) is 0 Å². The molecule has 2 amide bonds. The van der Waals surface area contributed by atoms with Crippen molar-refractivity contribution in [2.75, 3.05) is 0 Å². The molecule has 0 aliphatic carbocycles. The molecule has 0 saturated carbocycles. The van der Waals surface area contributed by atoms with Gasteiger partial charge >= 0.3 is 18.0 Å². The minimum absolute atomic E-state index is 0.0713. The normalized spacial score (nSPS) is 13.2. The number of carboxylic acid groups (broad SMARTS) is 2. The van der Waals surface area contributed by atoms with E-state index in [-0.39, 0.29) is 25.3 Å². The number of carbonyl (C=O) groups is 3. The molecule has 0 aliphatic heterocycles. The molecule has 1 rings (SSSR count). The summed E-state index contributed by atoms with van der Waals surface area (Å²) in [4.78, 5) is 33.2. The molecule has 21 heavy (non-hydrogen) atoms. The van der Waals surface area contributed by atoms with Crippen LogP contribution in [0.3, 0.4) is 0 Å². The van der Waals surface area contributed by atoms with E-state index in [1.165, 1.54) is 11.3 Å². The van der Waals surface area contributed by atoms with Crippen LogP contribution in [0.2, 0.25) is 0 Å². The van der Waals surface area contributed by atoms with Gasteiger partial charge in [0.2, 0.25) is 0 Å². The summed E-state index contributed by atoms with van der Waals surface area (Å²) < 4.78 is 0. The van der Waals surface area contributed by atoms with E-state index >= 15 is 0 Å². The molecule has 0 bridgehead atoms. The topological polar surface area (TPSA) is 116 Å². The highest BCUT2D eigenvalue weighted by molar-refractivity contribution is 7.07. The third-order valence-corrected chi connectivity index (χ3v) is 3.58. The van der Waals surface area contributed by atoms with Crippen LogP contribution in [0, 0.1) is 0 Å². The van der Waals surface area contributed by atoms with E-state index in [0.29, 0.717) is 0 Å². The Bertz CT molecular complexity index is 489. The molecule has 8 heteroatoms. The van der Waals surface area contributed by atoms with Crippen LogP contribution in [0.4, 0.5) is 4.79 Å². The third-order valence-electron chi connectivity index (χ3n) is 2.88. The average molecular weight is 314 g/mol. The summed E-state index contributed by atoms with van der Waals surface area (Å²) in [6.45, 7) is 1.79. The smallest absolute Gasteiger partial charge is 0.326 e. The number of amides is 2. The highest BCUT2D eigenvalue weighted by Gasteiger charge is 2.21. The van der Waals surface area contributed by atoms with Crippen LogP contribution in [0.1, 0.15) is 37.8 Å². The van der Waals surface area contributed by atoms with Gasteiger partial charge in [-0.2, -0.15) is 11.3 Å². The Morgan fingerprint density at radius 2 is 2.00 bits per heavy atom. The van der Waals surface area contributed by atoms with Crippen LogP contribution >= 0.6 is 11.3 Å². The summed E-state index contributed by atoms with van der Waals surface area (Å²) >= 11 is 1.51. The summed E-state index contributed by atoms with van der Waals surface area (Å²) in [6.07, 6.45) is 0.132. The van der Waals surface area contributed by atoms with Gasteiger partial charge < -0.3 is 20.8 Å². The largest absolute Gasteiger partial charge is 0.481 e. The molecule has 0 aromatic carbocycles. The van der Waals surface area contributed by atoms with Gasteiger partial charge in [0.25, 0.3) is 0 Å². The van der Waals surface area contributed by atoms with Crippen molar-refractivity contribution in [3.8, 4) is 0 Å². The molecule has 7 nitrogen and oxygen atoms in total. The maximum Gasteiger partial charge on any atom is 0.326 e. The molecular weight excluding hydrogens is 296 g/mol. The molecule has 0 radical (unpaired) electrons. The Morgan fingerprint density at radius 1 is 1.29 bits per heavy atom. The first kappa shape index (κ1) is 17.0. The Hall–Kier alpha value is -2.09. The Labute approximate surface area is 126 Å². The summed E-state index contributed by atoms with van der Waals surface area (Å²) in [7, 11) is 0. The maximum absolute atomic E-state index is 11.8. The van der Waals surface area contributed by atoms with E-state index in [1.54, 1.807) is 6.92 Å². The summed E-state index contributed by atoms with van der Waals surface area (Å²) in [6, 6.07) is -0.0443. The van der Waals surface area contributed by atoms with Gasteiger partial charge in [0.15, 0.2) is 0 Å². The molecule has 0 fully saturated rings. The third kappa shape index (κ3) is 6.26. The standard InChI is InChI=1S/C13H18N2O5S/c1-8(9-5-6-21-7-9)14-13(20)15-10(12(18)19)3-2-4-11(16)17/h5-8,10H,2-4H2,1H3,(H,16,17)(H,18,19)(H2,14,15,20)/t8?,10-/m1/s1. The van der Waals surface area contributed by atoms with Crippen LogP contribution < -0.4 is 10.6 Å². The Kier molecular flexibility index (Phi) is 6.67. The van der Waals surface area contributed by atoms with Crippen LogP contribution in [0.25, 0.3) is 0 Å². The zero-order chi connectivity index (χ0) is 15.8. The van der Waals surface area contributed by atoms with Crippen LogP contribution in [0.5, 0.6) is 0 Å². The molecule has 0 aliphatic rings. The predicted octanol–water partition coefficient (Wildman–Crippen LogP) is 1.82. The Morgan fingerprint density at radius 3 is 2.52 bits per heavy atom. The van der Waals surface area contributed by atoms with Crippen molar-refractivity contribution in [3.63, 3.8) is 0 Å². The highest BCUT2D eigenvalue weighted by Crippen LogP contribution is 2.15. The van der Waals surface area contributed by atoms with E-state index in [9.17, 15) is 14.4 Å². The van der Waals surface area contributed by atoms with E-state index in [0.717, 1.165) is 5.56 Å². The lowest BCUT2D eigenvalue weighted by atomic mass is 10.1. The minimum Gasteiger partial charge on any atom is -0.481 e. The molecule has 1 aromatic heterocycles. The lowest BCUT2D eigenvalue weighted by Crippen LogP contribution is -2.46. The molecule has 2 atom stereocenters. The number of thiophene rings is 1. The molecule has 1 unspecified atom stereocenters. The van der Waals surface area contributed by atoms with Crippen molar-refractivity contribution in [2.45, 2.75) is 38.3 Å². The van der Waals surface area contributed by atoms with Gasteiger partial charge in [0.1, 0.15) is 6.04 Å². The predicted molar refractivity (Wildman–Crippen MR) is 77.3 cm³/mol. The van der Waals surface area contributed by atoms with E-state index < -0.39 is 24.0 Å². The van der Waals surface area contributed by atoms with Gasteiger partial charge in [0, 0.05) is 6.42 Å². The lowest BCUT2D eigenvalue weighted by molar-refractivity contribution is -0.140. The number of aliphatic carboxylic acids is 2.